The van der Waals surface area contributed by atoms with Crippen LogP contribution in [0.2, 0.25) is 0 Å². The second-order valence-corrected chi connectivity index (χ2v) is 17.1. The minimum atomic E-state index is -0.811. The maximum atomic E-state index is 12.8. The second-order valence-electron chi connectivity index (χ2n) is 17.1. The zero-order valence-electron chi connectivity index (χ0n) is 41.1. The minimum absolute atomic E-state index is 0.106. The number of allylic oxidation sites excluding steroid dienone is 14. The fraction of sp³-hybridized carbons (Fsp3) is 0.702. The van der Waals surface area contributed by atoms with Gasteiger partial charge in [0.1, 0.15) is 13.2 Å². The fourth-order valence-electron chi connectivity index (χ4n) is 6.86. The average molecular weight is 877 g/mol. The Kier molecular flexibility index (Phi) is 48.5. The molecule has 0 radical (unpaired) electrons. The Balaban J connectivity index is 4.50. The van der Waals surface area contributed by atoms with E-state index in [0.29, 0.717) is 12.8 Å². The van der Waals surface area contributed by atoms with Crippen molar-refractivity contribution in [2.75, 3.05) is 13.2 Å². The molecule has 0 spiro atoms. The van der Waals surface area contributed by atoms with E-state index in [2.05, 4.69) is 106 Å². The van der Waals surface area contributed by atoms with Gasteiger partial charge in [-0.3, -0.25) is 14.4 Å². The largest absolute Gasteiger partial charge is 0.462 e. The van der Waals surface area contributed by atoms with Crippen LogP contribution in [-0.4, -0.2) is 37.2 Å². The van der Waals surface area contributed by atoms with Crippen molar-refractivity contribution in [3.05, 3.63) is 85.1 Å². The number of unbranched alkanes of at least 4 members (excludes halogenated alkanes) is 21. The molecule has 0 amide bonds. The summed E-state index contributed by atoms with van der Waals surface area (Å²) in [5.74, 6) is -0.994. The summed E-state index contributed by atoms with van der Waals surface area (Å²) >= 11 is 0. The Morgan fingerprint density at radius 1 is 0.317 bits per heavy atom. The van der Waals surface area contributed by atoms with Crippen molar-refractivity contribution in [1.82, 2.24) is 0 Å². The molecule has 0 saturated carbocycles. The fourth-order valence-corrected chi connectivity index (χ4v) is 6.86. The molecule has 0 saturated heterocycles. The number of rotatable bonds is 46. The van der Waals surface area contributed by atoms with Gasteiger partial charge in [0.2, 0.25) is 0 Å². The number of carbonyl (C=O) groups is 3. The maximum Gasteiger partial charge on any atom is 0.306 e. The van der Waals surface area contributed by atoms with Crippen LogP contribution in [0.15, 0.2) is 85.1 Å². The molecule has 0 aromatic carbocycles. The van der Waals surface area contributed by atoms with Gasteiger partial charge in [0, 0.05) is 19.3 Å². The number of carbonyl (C=O) groups excluding carboxylic acids is 3. The molecule has 63 heavy (non-hydrogen) atoms. The van der Waals surface area contributed by atoms with E-state index in [1.807, 2.05) is 0 Å². The van der Waals surface area contributed by atoms with E-state index in [0.717, 1.165) is 96.3 Å². The van der Waals surface area contributed by atoms with Crippen LogP contribution in [-0.2, 0) is 28.6 Å². The molecule has 0 bridgehead atoms. The van der Waals surface area contributed by atoms with Crippen LogP contribution in [0.1, 0.15) is 239 Å². The summed E-state index contributed by atoms with van der Waals surface area (Å²) in [5, 5.41) is 0. The van der Waals surface area contributed by atoms with Crippen molar-refractivity contribution in [2.45, 2.75) is 245 Å². The third-order valence-corrected chi connectivity index (χ3v) is 10.8. The molecule has 1 atom stereocenters. The smallest absolute Gasteiger partial charge is 0.306 e. The van der Waals surface area contributed by atoms with Gasteiger partial charge in [-0.05, 0) is 109 Å². The summed E-state index contributed by atoms with van der Waals surface area (Å²) in [7, 11) is 0. The molecule has 0 heterocycles. The minimum Gasteiger partial charge on any atom is -0.462 e. The number of esters is 3. The first-order valence-electron chi connectivity index (χ1n) is 26.1. The van der Waals surface area contributed by atoms with Crippen LogP contribution in [0.5, 0.6) is 0 Å². The quantitative estimate of drug-likeness (QED) is 0.0262. The molecule has 0 fully saturated rings. The Morgan fingerprint density at radius 3 is 1.05 bits per heavy atom. The molecule has 0 aliphatic rings. The Morgan fingerprint density at radius 2 is 0.603 bits per heavy atom. The first-order valence-corrected chi connectivity index (χ1v) is 26.1. The Bertz CT molecular complexity index is 1240. The zero-order chi connectivity index (χ0) is 45.8. The van der Waals surface area contributed by atoms with E-state index in [1.165, 1.54) is 96.3 Å². The highest BCUT2D eigenvalue weighted by Crippen LogP contribution is 2.12. The van der Waals surface area contributed by atoms with Gasteiger partial charge in [-0.25, -0.2) is 0 Å². The van der Waals surface area contributed by atoms with Gasteiger partial charge in [-0.2, -0.15) is 0 Å². The Labute approximate surface area is 388 Å². The summed E-state index contributed by atoms with van der Waals surface area (Å²) in [6.07, 6.45) is 65.7. The predicted octanol–water partition coefficient (Wildman–Crippen LogP) is 17.2. The normalized spacial score (nSPS) is 12.7. The van der Waals surface area contributed by atoms with E-state index in [1.54, 1.807) is 0 Å². The topological polar surface area (TPSA) is 78.9 Å². The van der Waals surface area contributed by atoms with Gasteiger partial charge >= 0.3 is 17.9 Å². The van der Waals surface area contributed by atoms with E-state index in [-0.39, 0.29) is 44.0 Å². The molecule has 6 nitrogen and oxygen atoms in total. The van der Waals surface area contributed by atoms with Crippen molar-refractivity contribution in [3.8, 4) is 0 Å². The lowest BCUT2D eigenvalue weighted by Crippen LogP contribution is -2.30. The lowest BCUT2D eigenvalue weighted by molar-refractivity contribution is -0.167. The first-order chi connectivity index (χ1) is 31.0. The van der Waals surface area contributed by atoms with Crippen LogP contribution in [0, 0.1) is 0 Å². The molecular formula is C57H96O6. The van der Waals surface area contributed by atoms with Gasteiger partial charge in [0.25, 0.3) is 0 Å². The predicted molar refractivity (Wildman–Crippen MR) is 270 cm³/mol. The highest BCUT2D eigenvalue weighted by molar-refractivity contribution is 5.71. The lowest BCUT2D eigenvalue weighted by atomic mass is 10.1. The number of hydrogen-bond donors (Lipinski definition) is 0. The molecule has 0 aliphatic heterocycles. The van der Waals surface area contributed by atoms with Crippen LogP contribution in [0.25, 0.3) is 0 Å². The standard InChI is InChI=1S/C57H96O6/c1-4-7-10-13-16-19-22-24-26-28-30-32-35-38-41-44-47-50-56(59)62-53-54(52-61-55(58)49-46-43-40-37-34-21-18-15-12-9-6-3)63-57(60)51-48-45-42-39-36-33-31-29-27-25-23-20-17-14-11-8-5-2/h15,17-18,20,24-27,30-33,38,41,54H,4-14,16,19,21-23,28-29,34-37,39-40,42-53H2,1-3H3/b18-15-,20-17-,26-24-,27-25-,32-30-,33-31-,41-38-/t54-/m0/s1. The van der Waals surface area contributed by atoms with Crippen molar-refractivity contribution >= 4 is 17.9 Å². The van der Waals surface area contributed by atoms with Gasteiger partial charge in [0.15, 0.2) is 6.10 Å². The molecule has 360 valence electrons. The number of hydrogen-bond acceptors (Lipinski definition) is 6. The van der Waals surface area contributed by atoms with Crippen molar-refractivity contribution in [1.29, 1.82) is 0 Å². The van der Waals surface area contributed by atoms with Crippen LogP contribution < -0.4 is 0 Å². The van der Waals surface area contributed by atoms with E-state index in [9.17, 15) is 14.4 Å². The second kappa shape index (κ2) is 51.2. The van der Waals surface area contributed by atoms with Gasteiger partial charge < -0.3 is 14.2 Å². The molecule has 0 aromatic heterocycles. The lowest BCUT2D eigenvalue weighted by Gasteiger charge is -2.18. The molecular weight excluding hydrogens is 781 g/mol. The number of ether oxygens (including phenoxy) is 3. The van der Waals surface area contributed by atoms with Gasteiger partial charge in [-0.15, -0.1) is 0 Å². The molecule has 6 heteroatoms. The Hall–Kier alpha value is -3.41. The first kappa shape index (κ1) is 59.6. The van der Waals surface area contributed by atoms with E-state index < -0.39 is 6.10 Å². The van der Waals surface area contributed by atoms with Crippen LogP contribution >= 0.6 is 0 Å². The monoisotopic (exact) mass is 877 g/mol. The van der Waals surface area contributed by atoms with E-state index >= 15 is 0 Å². The van der Waals surface area contributed by atoms with Crippen LogP contribution in [0.3, 0.4) is 0 Å². The highest BCUT2D eigenvalue weighted by atomic mass is 16.6. The summed E-state index contributed by atoms with van der Waals surface area (Å²) < 4.78 is 16.7. The van der Waals surface area contributed by atoms with Crippen molar-refractivity contribution in [2.24, 2.45) is 0 Å². The van der Waals surface area contributed by atoms with Crippen LogP contribution in [0.4, 0.5) is 0 Å². The zero-order valence-corrected chi connectivity index (χ0v) is 41.1. The molecule has 0 aliphatic carbocycles. The molecule has 0 unspecified atom stereocenters. The van der Waals surface area contributed by atoms with Crippen molar-refractivity contribution in [3.63, 3.8) is 0 Å². The summed E-state index contributed by atoms with van der Waals surface area (Å²) in [4.78, 5) is 37.9. The summed E-state index contributed by atoms with van der Waals surface area (Å²) in [6.45, 7) is 6.49. The highest BCUT2D eigenvalue weighted by Gasteiger charge is 2.19. The van der Waals surface area contributed by atoms with E-state index in [4.69, 9.17) is 14.2 Å². The molecule has 0 aromatic rings. The maximum absolute atomic E-state index is 12.8. The molecule has 0 N–H and O–H groups in total. The van der Waals surface area contributed by atoms with Gasteiger partial charge in [-0.1, -0.05) is 196 Å². The van der Waals surface area contributed by atoms with Gasteiger partial charge in [0.05, 0.1) is 0 Å². The summed E-state index contributed by atoms with van der Waals surface area (Å²) in [6, 6.07) is 0. The SMILES string of the molecule is CCCC/C=C\CCCCCCCC(=O)OC[C@@H](COC(=O)CCC/C=C\C/C=C\C/C=C\CCCCCCCC)OC(=O)CCCCCC/C=C\C/C=C\C/C=C\CCCCC. The van der Waals surface area contributed by atoms with Crippen molar-refractivity contribution < 1.29 is 28.6 Å². The summed E-state index contributed by atoms with van der Waals surface area (Å²) in [5.41, 5.74) is 0. The third-order valence-electron chi connectivity index (χ3n) is 10.8. The third kappa shape index (κ3) is 49.5. The molecule has 0 rings (SSSR count). The average Bonchev–Trinajstić information content (AvgIpc) is 3.28.